The average Bonchev–Trinajstić information content (AvgIpc) is 3.46. The highest BCUT2D eigenvalue weighted by atomic mass is 32.2. The van der Waals surface area contributed by atoms with Gasteiger partial charge in [-0.1, -0.05) is 50.6 Å². The fraction of sp³-hybridized carbons (Fsp3) is 0.541. The molecule has 256 valence electrons. The quantitative estimate of drug-likeness (QED) is 0.218. The predicted molar refractivity (Wildman–Crippen MR) is 185 cm³/mol. The fourth-order valence-electron chi connectivity index (χ4n) is 7.16. The summed E-state index contributed by atoms with van der Waals surface area (Å²) in [5.74, 6) is 0.690. The molecule has 1 fully saturated rings. The highest BCUT2D eigenvalue weighted by molar-refractivity contribution is 7.89. The molecule has 0 radical (unpaired) electrons. The van der Waals surface area contributed by atoms with Gasteiger partial charge in [-0.2, -0.15) is 4.31 Å². The molecule has 47 heavy (non-hydrogen) atoms. The topological polar surface area (TPSA) is 84.3 Å². The summed E-state index contributed by atoms with van der Waals surface area (Å²) in [6, 6.07) is 16.2. The average molecular weight is 665 g/mol. The van der Waals surface area contributed by atoms with Crippen molar-refractivity contribution in [1.29, 1.82) is 0 Å². The minimum atomic E-state index is -3.82. The van der Waals surface area contributed by atoms with E-state index in [1.807, 2.05) is 50.8 Å². The van der Waals surface area contributed by atoms with Gasteiger partial charge in [0.1, 0.15) is 12.4 Å². The third kappa shape index (κ3) is 7.77. The lowest BCUT2D eigenvalue weighted by Crippen LogP contribution is -2.45. The highest BCUT2D eigenvalue weighted by Crippen LogP contribution is 2.35. The zero-order valence-electron chi connectivity index (χ0n) is 29.0. The number of amides is 1. The van der Waals surface area contributed by atoms with E-state index in [9.17, 15) is 13.2 Å². The third-order valence-corrected chi connectivity index (χ3v) is 11.8. The van der Waals surface area contributed by atoms with E-state index in [1.165, 1.54) is 29.3 Å². The lowest BCUT2D eigenvalue weighted by molar-refractivity contribution is -0.139. The minimum Gasteiger partial charge on any atom is -0.496 e. The second-order valence-electron chi connectivity index (χ2n) is 13.4. The molecule has 5 rings (SSSR count). The van der Waals surface area contributed by atoms with Crippen LogP contribution < -0.4 is 4.74 Å². The molecule has 3 aromatic rings. The van der Waals surface area contributed by atoms with Crippen LogP contribution in [-0.2, 0) is 32.6 Å². The molecule has 0 bridgehead atoms. The van der Waals surface area contributed by atoms with Crippen molar-refractivity contribution in [1.82, 2.24) is 18.7 Å². The number of carbonyl (C=O) groups excluding carboxylic acids is 1. The van der Waals surface area contributed by atoms with Crippen LogP contribution >= 0.6 is 0 Å². The van der Waals surface area contributed by atoms with E-state index < -0.39 is 10.0 Å². The molecular weight excluding hydrogens is 612 g/mol. The van der Waals surface area contributed by atoms with E-state index >= 15 is 0 Å². The van der Waals surface area contributed by atoms with E-state index in [0.717, 1.165) is 43.0 Å². The molecule has 1 atom stereocenters. The van der Waals surface area contributed by atoms with Gasteiger partial charge in [-0.3, -0.25) is 9.69 Å². The number of carbonyl (C=O) groups is 1. The first-order chi connectivity index (χ1) is 22.5. The molecule has 1 unspecified atom stereocenters. The van der Waals surface area contributed by atoms with Crippen LogP contribution in [-0.4, -0.2) is 86.0 Å². The second-order valence-corrected chi connectivity index (χ2v) is 15.3. The number of nitrogens with zero attached hydrogens (tertiary/aromatic N) is 4. The predicted octanol–water partition coefficient (Wildman–Crippen LogP) is 5.70. The number of rotatable bonds is 13. The van der Waals surface area contributed by atoms with Crippen molar-refractivity contribution in [3.8, 4) is 5.75 Å². The largest absolute Gasteiger partial charge is 0.496 e. The summed E-state index contributed by atoms with van der Waals surface area (Å²) in [6.07, 6.45) is 3.82. The fourth-order valence-corrected chi connectivity index (χ4v) is 9.23. The van der Waals surface area contributed by atoms with Gasteiger partial charge in [0.2, 0.25) is 15.9 Å². The Morgan fingerprint density at radius 2 is 1.68 bits per heavy atom. The molecule has 10 heteroatoms. The first kappa shape index (κ1) is 35.1. The van der Waals surface area contributed by atoms with Crippen molar-refractivity contribution in [2.24, 2.45) is 5.92 Å². The SMILES string of the molecule is COc1cc(C)c(S(=O)(=O)N(CCOCC(=O)N2CCn3c(CN4CCCCC4)ccc3C2c2ccccc2)CC(C)C)c(C)c1C. The molecule has 0 aliphatic carbocycles. The normalized spacial score (nSPS) is 17.4. The molecule has 2 aromatic carbocycles. The molecule has 2 aliphatic rings. The Hall–Kier alpha value is -3.18. The van der Waals surface area contributed by atoms with Gasteiger partial charge < -0.3 is 18.9 Å². The standard InChI is InChI=1S/C37H52N4O5S/c1-27(2)24-39(47(43,44)37-28(3)23-34(45-6)29(4)30(37)5)21-22-46-26-35(42)41-20-19-40-32(25-38-17-11-8-12-18-38)15-16-33(40)36(41)31-13-9-7-10-14-31/h7,9-10,13-16,23,27,36H,8,11-12,17-22,24-26H2,1-6H3. The van der Waals surface area contributed by atoms with Crippen molar-refractivity contribution in [3.63, 3.8) is 0 Å². The van der Waals surface area contributed by atoms with Crippen LogP contribution in [0.25, 0.3) is 0 Å². The second kappa shape index (κ2) is 15.4. The third-order valence-electron chi connectivity index (χ3n) is 9.61. The van der Waals surface area contributed by atoms with Crippen LogP contribution in [0.5, 0.6) is 5.75 Å². The van der Waals surface area contributed by atoms with E-state index in [-0.39, 0.29) is 37.6 Å². The van der Waals surface area contributed by atoms with E-state index in [2.05, 4.69) is 33.7 Å². The van der Waals surface area contributed by atoms with Crippen LogP contribution in [0.3, 0.4) is 0 Å². The number of hydrogen-bond donors (Lipinski definition) is 0. The van der Waals surface area contributed by atoms with Crippen molar-refractivity contribution < 1.29 is 22.7 Å². The maximum atomic E-state index is 14.0. The number of hydrogen-bond acceptors (Lipinski definition) is 6. The summed E-state index contributed by atoms with van der Waals surface area (Å²) < 4.78 is 43.4. The van der Waals surface area contributed by atoms with Crippen molar-refractivity contribution in [2.75, 3.05) is 53.0 Å². The Morgan fingerprint density at radius 1 is 0.957 bits per heavy atom. The van der Waals surface area contributed by atoms with Gasteiger partial charge in [0.05, 0.1) is 24.7 Å². The molecule has 3 heterocycles. The maximum Gasteiger partial charge on any atom is 0.249 e. The molecular formula is C37H52N4O5S. The zero-order chi connectivity index (χ0) is 33.7. The number of sulfonamides is 1. The first-order valence-corrected chi connectivity index (χ1v) is 18.4. The number of likely N-dealkylation sites (tertiary alicyclic amines) is 1. The Balaban J connectivity index is 1.29. The smallest absolute Gasteiger partial charge is 0.249 e. The highest BCUT2D eigenvalue weighted by Gasteiger charge is 2.34. The van der Waals surface area contributed by atoms with Gasteiger partial charge in [-0.15, -0.1) is 0 Å². The van der Waals surface area contributed by atoms with Crippen LogP contribution in [0.15, 0.2) is 53.4 Å². The summed E-state index contributed by atoms with van der Waals surface area (Å²) in [6.45, 7) is 14.6. The number of piperidine rings is 1. The lowest BCUT2D eigenvalue weighted by Gasteiger charge is -2.38. The number of aryl methyl sites for hydroxylation is 1. The van der Waals surface area contributed by atoms with Gasteiger partial charge in [0.15, 0.2) is 0 Å². The molecule has 0 N–H and O–H groups in total. The summed E-state index contributed by atoms with van der Waals surface area (Å²) >= 11 is 0. The van der Waals surface area contributed by atoms with Crippen molar-refractivity contribution in [2.45, 2.75) is 77.9 Å². The molecule has 0 spiro atoms. The van der Waals surface area contributed by atoms with Gasteiger partial charge in [0.25, 0.3) is 0 Å². The van der Waals surface area contributed by atoms with Gasteiger partial charge in [-0.25, -0.2) is 8.42 Å². The number of methoxy groups -OCH3 is 1. The summed E-state index contributed by atoms with van der Waals surface area (Å²) in [7, 11) is -2.22. The Morgan fingerprint density at radius 3 is 2.36 bits per heavy atom. The Bertz CT molecular complexity index is 1630. The summed E-state index contributed by atoms with van der Waals surface area (Å²) in [4.78, 5) is 18.6. The van der Waals surface area contributed by atoms with E-state index in [4.69, 9.17) is 9.47 Å². The maximum absolute atomic E-state index is 14.0. The number of ether oxygens (including phenoxy) is 2. The zero-order valence-corrected chi connectivity index (χ0v) is 29.8. The number of benzene rings is 2. The van der Waals surface area contributed by atoms with Gasteiger partial charge in [0, 0.05) is 44.1 Å². The summed E-state index contributed by atoms with van der Waals surface area (Å²) in [5, 5.41) is 0. The van der Waals surface area contributed by atoms with Crippen LogP contribution in [0.4, 0.5) is 0 Å². The molecule has 0 saturated carbocycles. The van der Waals surface area contributed by atoms with Crippen LogP contribution in [0.1, 0.15) is 72.8 Å². The lowest BCUT2D eigenvalue weighted by atomic mass is 10.00. The van der Waals surface area contributed by atoms with E-state index in [1.54, 1.807) is 20.1 Å². The monoisotopic (exact) mass is 664 g/mol. The Kier molecular flexibility index (Phi) is 11.5. The molecule has 9 nitrogen and oxygen atoms in total. The number of aromatic nitrogens is 1. The molecule has 2 aliphatic heterocycles. The minimum absolute atomic E-state index is 0.0976. The van der Waals surface area contributed by atoms with Crippen LogP contribution in [0.2, 0.25) is 0 Å². The number of fused-ring (bicyclic) bond motifs is 1. The van der Waals surface area contributed by atoms with Gasteiger partial charge >= 0.3 is 0 Å². The van der Waals surface area contributed by atoms with E-state index in [0.29, 0.717) is 34.9 Å². The molecule has 1 amide bonds. The van der Waals surface area contributed by atoms with Gasteiger partial charge in [-0.05, 0) is 93.1 Å². The van der Waals surface area contributed by atoms with Crippen molar-refractivity contribution >= 4 is 15.9 Å². The van der Waals surface area contributed by atoms with Crippen LogP contribution in [0, 0.1) is 26.7 Å². The molecule has 1 aromatic heterocycles. The molecule has 1 saturated heterocycles. The Labute approximate surface area is 281 Å². The van der Waals surface area contributed by atoms with Crippen molar-refractivity contribution in [3.05, 3.63) is 82.2 Å². The summed E-state index contributed by atoms with van der Waals surface area (Å²) in [5.41, 5.74) is 5.64. The first-order valence-electron chi connectivity index (χ1n) is 17.0.